The first kappa shape index (κ1) is 14.5. The number of hydrogen-bond acceptors (Lipinski definition) is 4. The van der Waals surface area contributed by atoms with E-state index in [0.29, 0.717) is 26.2 Å². The van der Waals surface area contributed by atoms with Crippen molar-refractivity contribution < 1.29 is 14.3 Å². The first-order chi connectivity index (χ1) is 9.70. The van der Waals surface area contributed by atoms with Crippen molar-refractivity contribution in [2.24, 2.45) is 0 Å². The Morgan fingerprint density at radius 1 is 1.40 bits per heavy atom. The lowest BCUT2D eigenvalue weighted by atomic mass is 10.1. The topological polar surface area (TPSA) is 58.6 Å². The molecule has 1 aromatic rings. The SMILES string of the molecule is CCOC(=O)C[C@@H]1NCCN(Cc2ccccc2)C1=O. The third kappa shape index (κ3) is 3.81. The van der Waals surface area contributed by atoms with Crippen LogP contribution >= 0.6 is 0 Å². The van der Waals surface area contributed by atoms with Gasteiger partial charge in [0.1, 0.15) is 0 Å². The Kier molecular flexibility index (Phi) is 5.12. The largest absolute Gasteiger partial charge is 0.466 e. The third-order valence-corrected chi connectivity index (χ3v) is 3.27. The van der Waals surface area contributed by atoms with E-state index in [1.807, 2.05) is 30.3 Å². The van der Waals surface area contributed by atoms with Gasteiger partial charge in [0.2, 0.25) is 5.91 Å². The van der Waals surface area contributed by atoms with E-state index < -0.39 is 6.04 Å². The van der Waals surface area contributed by atoms with Crippen LogP contribution in [0.3, 0.4) is 0 Å². The number of carbonyl (C=O) groups excluding carboxylic acids is 2. The van der Waals surface area contributed by atoms with Gasteiger partial charge >= 0.3 is 5.97 Å². The number of piperazine rings is 1. The van der Waals surface area contributed by atoms with Gasteiger partial charge in [-0.3, -0.25) is 9.59 Å². The highest BCUT2D eigenvalue weighted by Crippen LogP contribution is 2.11. The van der Waals surface area contributed by atoms with Gasteiger partial charge in [0.25, 0.3) is 0 Å². The van der Waals surface area contributed by atoms with Crippen molar-refractivity contribution in [1.82, 2.24) is 10.2 Å². The number of carbonyl (C=O) groups is 2. The predicted octanol–water partition coefficient (Wildman–Crippen LogP) is 0.940. The zero-order valence-corrected chi connectivity index (χ0v) is 11.7. The summed E-state index contributed by atoms with van der Waals surface area (Å²) in [7, 11) is 0. The number of esters is 1. The number of benzene rings is 1. The van der Waals surface area contributed by atoms with Gasteiger partial charge in [-0.05, 0) is 12.5 Å². The summed E-state index contributed by atoms with van der Waals surface area (Å²) in [5.41, 5.74) is 1.10. The van der Waals surface area contributed by atoms with Gasteiger partial charge in [-0.1, -0.05) is 30.3 Å². The van der Waals surface area contributed by atoms with Crippen molar-refractivity contribution in [2.75, 3.05) is 19.7 Å². The van der Waals surface area contributed by atoms with Crippen LogP contribution in [0.5, 0.6) is 0 Å². The van der Waals surface area contributed by atoms with Crippen LogP contribution in [-0.4, -0.2) is 42.5 Å². The molecule has 5 heteroatoms. The quantitative estimate of drug-likeness (QED) is 0.813. The molecule has 0 aliphatic carbocycles. The van der Waals surface area contributed by atoms with Crippen molar-refractivity contribution >= 4 is 11.9 Å². The van der Waals surface area contributed by atoms with Crippen LogP contribution in [0.4, 0.5) is 0 Å². The summed E-state index contributed by atoms with van der Waals surface area (Å²) in [5.74, 6) is -0.368. The highest BCUT2D eigenvalue weighted by molar-refractivity contribution is 5.87. The van der Waals surface area contributed by atoms with Gasteiger partial charge in [0, 0.05) is 19.6 Å². The van der Waals surface area contributed by atoms with Gasteiger partial charge in [-0.25, -0.2) is 0 Å². The van der Waals surface area contributed by atoms with Gasteiger partial charge in [-0.15, -0.1) is 0 Å². The number of ether oxygens (including phenoxy) is 1. The molecule has 2 rings (SSSR count). The summed E-state index contributed by atoms with van der Waals surface area (Å²) >= 11 is 0. The van der Waals surface area contributed by atoms with E-state index in [1.165, 1.54) is 0 Å². The van der Waals surface area contributed by atoms with Gasteiger partial charge in [0.05, 0.1) is 19.1 Å². The molecule has 0 aromatic heterocycles. The molecule has 1 fully saturated rings. The highest BCUT2D eigenvalue weighted by Gasteiger charge is 2.30. The van der Waals surface area contributed by atoms with E-state index in [4.69, 9.17) is 4.74 Å². The molecular weight excluding hydrogens is 256 g/mol. The molecule has 0 saturated carbocycles. The monoisotopic (exact) mass is 276 g/mol. The zero-order chi connectivity index (χ0) is 14.4. The molecule has 1 aliphatic rings. The van der Waals surface area contributed by atoms with Gasteiger partial charge in [0.15, 0.2) is 0 Å². The molecule has 1 saturated heterocycles. The molecule has 1 atom stereocenters. The van der Waals surface area contributed by atoms with Crippen LogP contribution in [0.2, 0.25) is 0 Å². The van der Waals surface area contributed by atoms with E-state index in [-0.39, 0.29) is 18.3 Å². The molecule has 1 amide bonds. The molecule has 5 nitrogen and oxygen atoms in total. The van der Waals surface area contributed by atoms with Crippen LogP contribution in [0.1, 0.15) is 18.9 Å². The number of amides is 1. The Balaban J connectivity index is 1.94. The Bertz CT molecular complexity index is 461. The Morgan fingerprint density at radius 2 is 2.15 bits per heavy atom. The number of nitrogens with zero attached hydrogens (tertiary/aromatic N) is 1. The average Bonchev–Trinajstić information content (AvgIpc) is 2.45. The third-order valence-electron chi connectivity index (χ3n) is 3.27. The Morgan fingerprint density at radius 3 is 2.85 bits per heavy atom. The molecule has 0 bridgehead atoms. The van der Waals surface area contributed by atoms with Crippen molar-refractivity contribution in [2.45, 2.75) is 25.9 Å². The lowest BCUT2D eigenvalue weighted by molar-refractivity contribution is -0.148. The molecule has 1 aromatic carbocycles. The molecule has 1 heterocycles. The van der Waals surface area contributed by atoms with E-state index >= 15 is 0 Å². The second kappa shape index (κ2) is 7.05. The second-order valence-corrected chi connectivity index (χ2v) is 4.76. The summed E-state index contributed by atoms with van der Waals surface area (Å²) in [6.07, 6.45) is 0.0952. The molecule has 108 valence electrons. The smallest absolute Gasteiger partial charge is 0.307 e. The van der Waals surface area contributed by atoms with Crippen LogP contribution in [0, 0.1) is 0 Å². The first-order valence-corrected chi connectivity index (χ1v) is 6.92. The maximum absolute atomic E-state index is 12.3. The molecule has 1 N–H and O–H groups in total. The minimum absolute atomic E-state index is 0.0341. The number of rotatable bonds is 5. The van der Waals surface area contributed by atoms with Crippen LogP contribution in [-0.2, 0) is 20.9 Å². The summed E-state index contributed by atoms with van der Waals surface area (Å²) < 4.78 is 4.90. The maximum Gasteiger partial charge on any atom is 0.307 e. The highest BCUT2D eigenvalue weighted by atomic mass is 16.5. The van der Waals surface area contributed by atoms with Crippen molar-refractivity contribution in [3.63, 3.8) is 0 Å². The summed E-state index contributed by atoms with van der Waals surface area (Å²) in [5, 5.41) is 3.08. The lowest BCUT2D eigenvalue weighted by Gasteiger charge is -2.32. The number of nitrogens with one attached hydrogen (secondary N) is 1. The van der Waals surface area contributed by atoms with Crippen LogP contribution in [0.15, 0.2) is 30.3 Å². The lowest BCUT2D eigenvalue weighted by Crippen LogP contribution is -2.55. The predicted molar refractivity (Wildman–Crippen MR) is 74.9 cm³/mol. The fourth-order valence-corrected chi connectivity index (χ4v) is 2.30. The van der Waals surface area contributed by atoms with Crippen LogP contribution < -0.4 is 5.32 Å². The Labute approximate surface area is 118 Å². The van der Waals surface area contributed by atoms with E-state index in [9.17, 15) is 9.59 Å². The van der Waals surface area contributed by atoms with E-state index in [2.05, 4.69) is 5.32 Å². The Hall–Kier alpha value is -1.88. The van der Waals surface area contributed by atoms with Crippen molar-refractivity contribution in [3.8, 4) is 0 Å². The average molecular weight is 276 g/mol. The summed E-state index contributed by atoms with van der Waals surface area (Å²) in [6.45, 7) is 4.04. The minimum atomic E-state index is -0.466. The minimum Gasteiger partial charge on any atom is -0.466 e. The zero-order valence-electron chi connectivity index (χ0n) is 11.7. The van der Waals surface area contributed by atoms with E-state index in [1.54, 1.807) is 11.8 Å². The van der Waals surface area contributed by atoms with Crippen LogP contribution in [0.25, 0.3) is 0 Å². The van der Waals surface area contributed by atoms with Crippen molar-refractivity contribution in [1.29, 1.82) is 0 Å². The molecule has 0 unspecified atom stereocenters. The van der Waals surface area contributed by atoms with Gasteiger partial charge in [-0.2, -0.15) is 0 Å². The fourth-order valence-electron chi connectivity index (χ4n) is 2.30. The van der Waals surface area contributed by atoms with Gasteiger partial charge < -0.3 is 15.0 Å². The summed E-state index contributed by atoms with van der Waals surface area (Å²) in [6, 6.07) is 9.39. The first-order valence-electron chi connectivity index (χ1n) is 6.92. The fraction of sp³-hybridized carbons (Fsp3) is 0.467. The molecular formula is C15H20N2O3. The standard InChI is InChI=1S/C15H20N2O3/c1-2-20-14(18)10-13-15(19)17(9-8-16-13)11-12-6-4-3-5-7-12/h3-7,13,16H,2,8-11H2,1H3/t13-/m0/s1. The molecule has 0 radical (unpaired) electrons. The maximum atomic E-state index is 12.3. The summed E-state index contributed by atoms with van der Waals surface area (Å²) in [4.78, 5) is 25.6. The van der Waals surface area contributed by atoms with Crippen molar-refractivity contribution in [3.05, 3.63) is 35.9 Å². The molecule has 0 spiro atoms. The molecule has 20 heavy (non-hydrogen) atoms. The normalized spacial score (nSPS) is 18.9. The van der Waals surface area contributed by atoms with E-state index in [0.717, 1.165) is 5.56 Å². The second-order valence-electron chi connectivity index (χ2n) is 4.76. The number of hydrogen-bond donors (Lipinski definition) is 1. The molecule has 1 aliphatic heterocycles.